The Bertz CT molecular complexity index is 451. The van der Waals surface area contributed by atoms with Crippen LogP contribution >= 0.6 is 0 Å². The number of carboxylic acids is 1. The number of piperidine rings is 1. The Kier molecular flexibility index (Phi) is 4.60. The second-order valence-corrected chi connectivity index (χ2v) is 5.42. The maximum Gasteiger partial charge on any atom is 0.309 e. The van der Waals surface area contributed by atoms with Gasteiger partial charge < -0.3 is 9.84 Å². The van der Waals surface area contributed by atoms with Crippen molar-refractivity contribution in [2.45, 2.75) is 32.7 Å². The molecule has 1 aliphatic heterocycles. The molecule has 0 aromatic carbocycles. The van der Waals surface area contributed by atoms with Gasteiger partial charge in [-0.25, -0.2) is 4.98 Å². The molecule has 2 heterocycles. The van der Waals surface area contributed by atoms with Crippen LogP contribution < -0.4 is 4.74 Å². The van der Waals surface area contributed by atoms with Crippen LogP contribution in [-0.2, 0) is 11.3 Å². The zero-order valence-electron chi connectivity index (χ0n) is 12.1. The molecule has 1 aliphatic rings. The molecule has 0 unspecified atom stereocenters. The quantitative estimate of drug-likeness (QED) is 0.894. The van der Waals surface area contributed by atoms with Crippen molar-refractivity contribution in [1.29, 1.82) is 0 Å². The molecule has 1 aromatic rings. The van der Waals surface area contributed by atoms with E-state index in [1.807, 2.05) is 25.3 Å². The smallest absolute Gasteiger partial charge is 0.309 e. The number of methoxy groups -OCH3 is 1. The molecule has 1 aromatic heterocycles. The van der Waals surface area contributed by atoms with Gasteiger partial charge in [0.15, 0.2) is 0 Å². The Labute approximate surface area is 119 Å². The summed E-state index contributed by atoms with van der Waals surface area (Å²) < 4.78 is 5.04. The van der Waals surface area contributed by atoms with E-state index < -0.39 is 11.4 Å². The van der Waals surface area contributed by atoms with E-state index in [2.05, 4.69) is 9.88 Å². The molecule has 0 spiro atoms. The molecular formula is C15H22N2O3. The van der Waals surface area contributed by atoms with Crippen molar-refractivity contribution in [1.82, 2.24) is 9.88 Å². The molecule has 20 heavy (non-hydrogen) atoms. The molecular weight excluding hydrogens is 256 g/mol. The molecule has 5 heteroatoms. The van der Waals surface area contributed by atoms with Crippen molar-refractivity contribution in [3.05, 3.63) is 23.9 Å². The number of carboxylic acid groups (broad SMARTS) is 1. The van der Waals surface area contributed by atoms with E-state index in [1.54, 1.807) is 7.11 Å². The molecule has 2 rings (SSSR count). The number of carbonyl (C=O) groups is 1. The van der Waals surface area contributed by atoms with Gasteiger partial charge in [0.25, 0.3) is 0 Å². The van der Waals surface area contributed by atoms with Crippen LogP contribution in [0, 0.1) is 5.41 Å². The third-order valence-corrected chi connectivity index (χ3v) is 4.36. The minimum Gasteiger partial charge on any atom is -0.481 e. The van der Waals surface area contributed by atoms with E-state index in [0.717, 1.165) is 38.0 Å². The van der Waals surface area contributed by atoms with Gasteiger partial charge in [-0.05, 0) is 37.9 Å². The molecule has 1 N–H and O–H groups in total. The summed E-state index contributed by atoms with van der Waals surface area (Å²) in [7, 11) is 1.60. The molecule has 110 valence electrons. The summed E-state index contributed by atoms with van der Waals surface area (Å²) in [5.41, 5.74) is 0.611. The summed E-state index contributed by atoms with van der Waals surface area (Å²) in [5, 5.41) is 9.38. The van der Waals surface area contributed by atoms with Gasteiger partial charge in [0.05, 0.1) is 12.5 Å². The second-order valence-electron chi connectivity index (χ2n) is 5.42. The van der Waals surface area contributed by atoms with Crippen LogP contribution in [0.3, 0.4) is 0 Å². The first-order valence-electron chi connectivity index (χ1n) is 7.04. The summed E-state index contributed by atoms with van der Waals surface area (Å²) in [5.74, 6) is -0.0333. The van der Waals surface area contributed by atoms with Gasteiger partial charge in [0, 0.05) is 18.8 Å². The first kappa shape index (κ1) is 14.8. The van der Waals surface area contributed by atoms with Crippen LogP contribution in [0.5, 0.6) is 5.88 Å². The van der Waals surface area contributed by atoms with Crippen molar-refractivity contribution in [2.75, 3.05) is 20.2 Å². The lowest BCUT2D eigenvalue weighted by Gasteiger charge is -2.38. The Balaban J connectivity index is 1.92. The van der Waals surface area contributed by atoms with Gasteiger partial charge in [-0.1, -0.05) is 13.0 Å². The molecule has 5 nitrogen and oxygen atoms in total. The van der Waals surface area contributed by atoms with Gasteiger partial charge in [-0.3, -0.25) is 9.69 Å². The highest BCUT2D eigenvalue weighted by Crippen LogP contribution is 2.35. The first-order valence-corrected chi connectivity index (χ1v) is 7.04. The van der Waals surface area contributed by atoms with Crippen LogP contribution in [0.2, 0.25) is 0 Å². The molecule has 0 saturated carbocycles. The topological polar surface area (TPSA) is 62.7 Å². The fourth-order valence-corrected chi connectivity index (χ4v) is 2.74. The molecule has 0 atom stereocenters. The zero-order valence-corrected chi connectivity index (χ0v) is 12.1. The van der Waals surface area contributed by atoms with Gasteiger partial charge in [-0.2, -0.15) is 0 Å². The molecule has 0 aliphatic carbocycles. The maximum absolute atomic E-state index is 11.4. The summed E-state index contributed by atoms with van der Waals surface area (Å²) in [6.07, 6.45) is 3.98. The average molecular weight is 278 g/mol. The fourth-order valence-electron chi connectivity index (χ4n) is 2.74. The van der Waals surface area contributed by atoms with E-state index in [-0.39, 0.29) is 0 Å². The second kappa shape index (κ2) is 6.22. The predicted octanol–water partition coefficient (Wildman–Crippen LogP) is 2.17. The minimum atomic E-state index is -0.647. The summed E-state index contributed by atoms with van der Waals surface area (Å²) >= 11 is 0. The molecule has 1 fully saturated rings. The van der Waals surface area contributed by atoms with Crippen molar-refractivity contribution in [3.8, 4) is 5.88 Å². The largest absolute Gasteiger partial charge is 0.481 e. The van der Waals surface area contributed by atoms with E-state index in [1.165, 1.54) is 0 Å². The summed E-state index contributed by atoms with van der Waals surface area (Å²) in [6.45, 7) is 4.44. The highest BCUT2D eigenvalue weighted by molar-refractivity contribution is 5.74. The number of ether oxygens (including phenoxy) is 1. The SMILES string of the molecule is CCC1(C(=O)O)CCN(Cc2ccc(OC)nc2)CC1. The van der Waals surface area contributed by atoms with E-state index in [9.17, 15) is 9.90 Å². The summed E-state index contributed by atoms with van der Waals surface area (Å²) in [6, 6.07) is 3.86. The Morgan fingerprint density at radius 1 is 1.45 bits per heavy atom. The average Bonchev–Trinajstić information content (AvgIpc) is 2.49. The normalized spacial score (nSPS) is 18.7. The van der Waals surface area contributed by atoms with Crippen molar-refractivity contribution < 1.29 is 14.6 Å². The highest BCUT2D eigenvalue weighted by atomic mass is 16.5. The number of aromatic nitrogens is 1. The number of aliphatic carboxylic acids is 1. The zero-order chi connectivity index (χ0) is 14.6. The monoisotopic (exact) mass is 278 g/mol. The number of likely N-dealkylation sites (tertiary alicyclic amines) is 1. The highest BCUT2D eigenvalue weighted by Gasteiger charge is 2.39. The molecule has 1 saturated heterocycles. The number of pyridine rings is 1. The van der Waals surface area contributed by atoms with Gasteiger partial charge in [0.1, 0.15) is 0 Å². The van der Waals surface area contributed by atoms with Crippen molar-refractivity contribution in [3.63, 3.8) is 0 Å². The summed E-state index contributed by atoms with van der Waals surface area (Å²) in [4.78, 5) is 17.9. The molecule has 0 radical (unpaired) electrons. The predicted molar refractivity (Wildman–Crippen MR) is 75.7 cm³/mol. The minimum absolute atomic E-state index is 0.519. The van der Waals surface area contributed by atoms with E-state index in [0.29, 0.717) is 12.3 Å². The lowest BCUT2D eigenvalue weighted by Crippen LogP contribution is -2.43. The van der Waals surface area contributed by atoms with Crippen LogP contribution in [-0.4, -0.2) is 41.2 Å². The fraction of sp³-hybridized carbons (Fsp3) is 0.600. The van der Waals surface area contributed by atoms with Gasteiger partial charge >= 0.3 is 5.97 Å². The third kappa shape index (κ3) is 3.10. The maximum atomic E-state index is 11.4. The van der Waals surface area contributed by atoms with Crippen LogP contribution in [0.15, 0.2) is 18.3 Å². The van der Waals surface area contributed by atoms with Crippen LogP contribution in [0.4, 0.5) is 0 Å². The van der Waals surface area contributed by atoms with Crippen LogP contribution in [0.25, 0.3) is 0 Å². The Hall–Kier alpha value is -1.62. The van der Waals surface area contributed by atoms with E-state index >= 15 is 0 Å². The standard InChI is InChI=1S/C15H22N2O3/c1-3-15(14(18)19)6-8-17(9-7-15)11-12-4-5-13(20-2)16-10-12/h4-5,10H,3,6-9,11H2,1-2H3,(H,18,19). The number of hydrogen-bond donors (Lipinski definition) is 1. The van der Waals surface area contributed by atoms with Crippen molar-refractivity contribution >= 4 is 5.97 Å². The van der Waals surface area contributed by atoms with Gasteiger partial charge in [0.2, 0.25) is 5.88 Å². The molecule has 0 amide bonds. The number of nitrogens with zero attached hydrogens (tertiary/aromatic N) is 2. The third-order valence-electron chi connectivity index (χ3n) is 4.36. The molecule has 0 bridgehead atoms. The Morgan fingerprint density at radius 2 is 2.15 bits per heavy atom. The van der Waals surface area contributed by atoms with Gasteiger partial charge in [-0.15, -0.1) is 0 Å². The number of rotatable bonds is 5. The lowest BCUT2D eigenvalue weighted by molar-refractivity contribution is -0.152. The Morgan fingerprint density at radius 3 is 2.60 bits per heavy atom. The van der Waals surface area contributed by atoms with E-state index in [4.69, 9.17) is 4.74 Å². The first-order chi connectivity index (χ1) is 9.59. The lowest BCUT2D eigenvalue weighted by atomic mass is 9.76. The number of hydrogen-bond acceptors (Lipinski definition) is 4. The van der Waals surface area contributed by atoms with Crippen LogP contribution in [0.1, 0.15) is 31.7 Å². The van der Waals surface area contributed by atoms with Crippen molar-refractivity contribution in [2.24, 2.45) is 5.41 Å².